The largest absolute Gasteiger partial charge is 0.389 e. The van der Waals surface area contributed by atoms with E-state index in [1.54, 1.807) is 12.3 Å². The molecule has 1 aliphatic rings. The summed E-state index contributed by atoms with van der Waals surface area (Å²) in [7, 11) is 0. The Balaban J connectivity index is 1.44. The lowest BCUT2D eigenvalue weighted by molar-refractivity contribution is 0.0952. The number of carbonyl (C=O) groups excluding carboxylic acids is 1. The van der Waals surface area contributed by atoms with Crippen LogP contribution in [0.5, 0.6) is 0 Å². The summed E-state index contributed by atoms with van der Waals surface area (Å²) in [4.78, 5) is 22.8. The average Bonchev–Trinajstić information content (AvgIpc) is 3.05. The van der Waals surface area contributed by atoms with Crippen LogP contribution in [0.1, 0.15) is 42.4 Å². The van der Waals surface area contributed by atoms with E-state index in [1.165, 1.54) is 0 Å². The lowest BCUT2D eigenvalue weighted by atomic mass is 10.1. The maximum absolute atomic E-state index is 12.2. The molecule has 0 aromatic carbocycles. The lowest BCUT2D eigenvalue weighted by Crippen LogP contribution is -2.51. The summed E-state index contributed by atoms with van der Waals surface area (Å²) in [5.74, 6) is 2.14. The number of aromatic nitrogens is 3. The number of β-amino-alcohol motifs (C(OH)–C–C–N with tert-alkyl or cyclic N) is 1. The second-order valence-electron chi connectivity index (χ2n) is 6.71. The fourth-order valence-corrected chi connectivity index (χ4v) is 2.91. The fourth-order valence-electron chi connectivity index (χ4n) is 2.91. The summed E-state index contributed by atoms with van der Waals surface area (Å²) in [6.45, 7) is 6.89. The molecule has 0 bridgehead atoms. The summed E-state index contributed by atoms with van der Waals surface area (Å²) in [6.07, 6.45) is 5.96. The van der Waals surface area contributed by atoms with E-state index in [9.17, 15) is 9.90 Å². The molecule has 1 saturated heterocycles. The quantitative estimate of drug-likeness (QED) is 0.743. The van der Waals surface area contributed by atoms with Crippen LogP contribution in [0.2, 0.25) is 0 Å². The molecule has 7 heteroatoms. The molecule has 1 aliphatic heterocycles. The van der Waals surface area contributed by atoms with E-state index in [2.05, 4.69) is 33.7 Å². The Hall–Kier alpha value is -2.41. The second kappa shape index (κ2) is 7.65. The van der Waals surface area contributed by atoms with Gasteiger partial charge in [-0.15, -0.1) is 0 Å². The van der Waals surface area contributed by atoms with Gasteiger partial charge in [0.15, 0.2) is 0 Å². The molecule has 2 N–H and O–H groups in total. The van der Waals surface area contributed by atoms with Crippen LogP contribution in [0.3, 0.4) is 0 Å². The first-order chi connectivity index (χ1) is 12.0. The number of aliphatic hydroxyl groups is 1. The molecule has 0 spiro atoms. The van der Waals surface area contributed by atoms with E-state index in [1.807, 2.05) is 23.4 Å². The van der Waals surface area contributed by atoms with Gasteiger partial charge in [-0.3, -0.25) is 4.79 Å². The molecule has 3 heterocycles. The Morgan fingerprint density at radius 2 is 2.16 bits per heavy atom. The van der Waals surface area contributed by atoms with Gasteiger partial charge in [-0.1, -0.05) is 13.8 Å². The maximum Gasteiger partial charge on any atom is 0.252 e. The predicted molar refractivity (Wildman–Crippen MR) is 95.7 cm³/mol. The van der Waals surface area contributed by atoms with Crippen molar-refractivity contribution in [1.82, 2.24) is 19.9 Å². The molecule has 2 aromatic rings. The van der Waals surface area contributed by atoms with E-state index in [4.69, 9.17) is 0 Å². The Labute approximate surface area is 147 Å². The van der Waals surface area contributed by atoms with Crippen LogP contribution in [-0.2, 0) is 6.54 Å². The number of rotatable bonds is 7. The van der Waals surface area contributed by atoms with Gasteiger partial charge in [-0.2, -0.15) is 0 Å². The monoisotopic (exact) mass is 343 g/mol. The van der Waals surface area contributed by atoms with Crippen LogP contribution in [0, 0.1) is 0 Å². The molecule has 0 atom stereocenters. The first-order valence-electron chi connectivity index (χ1n) is 8.73. The number of hydrogen-bond acceptors (Lipinski definition) is 5. The number of nitrogens with zero attached hydrogens (tertiary/aromatic N) is 4. The molecule has 1 amide bonds. The molecule has 0 saturated carbocycles. The van der Waals surface area contributed by atoms with Gasteiger partial charge in [-0.25, -0.2) is 9.97 Å². The zero-order valence-electron chi connectivity index (χ0n) is 14.7. The van der Waals surface area contributed by atoms with Gasteiger partial charge in [0.1, 0.15) is 11.6 Å². The van der Waals surface area contributed by atoms with Crippen LogP contribution < -0.4 is 10.2 Å². The number of amides is 1. The number of anilines is 1. The molecule has 1 fully saturated rings. The molecule has 7 nitrogen and oxygen atoms in total. The molecule has 0 radical (unpaired) electrons. The van der Waals surface area contributed by atoms with Crippen molar-refractivity contribution in [2.24, 2.45) is 0 Å². The Morgan fingerprint density at radius 3 is 2.80 bits per heavy atom. The summed E-state index contributed by atoms with van der Waals surface area (Å²) in [5.41, 5.74) is 0.551. The number of aliphatic hydroxyl groups excluding tert-OH is 1. The molecule has 134 valence electrons. The first-order valence-corrected chi connectivity index (χ1v) is 8.73. The number of aryl methyl sites for hydroxylation is 1. The Bertz CT molecular complexity index is 705. The lowest BCUT2D eigenvalue weighted by Gasteiger charge is -2.36. The molecule has 3 rings (SSSR count). The van der Waals surface area contributed by atoms with Crippen LogP contribution in [0.15, 0.2) is 30.7 Å². The molecular formula is C18H25N5O2. The summed E-state index contributed by atoms with van der Waals surface area (Å²) >= 11 is 0. The van der Waals surface area contributed by atoms with Crippen molar-refractivity contribution in [3.8, 4) is 0 Å². The number of imidazole rings is 1. The summed E-state index contributed by atoms with van der Waals surface area (Å²) < 4.78 is 2.13. The van der Waals surface area contributed by atoms with E-state index >= 15 is 0 Å². The Morgan fingerprint density at radius 1 is 1.36 bits per heavy atom. The van der Waals surface area contributed by atoms with Gasteiger partial charge in [-0.05, 0) is 18.6 Å². The second-order valence-corrected chi connectivity index (χ2v) is 6.71. The predicted octanol–water partition coefficient (Wildman–Crippen LogP) is 1.40. The SMILES string of the molecule is CC(C)c1nccn1CCCNC(=O)c1ccc(N2CC(O)C2)nc1. The van der Waals surface area contributed by atoms with Gasteiger partial charge in [0.25, 0.3) is 5.91 Å². The molecule has 0 unspecified atom stereocenters. The zero-order valence-corrected chi connectivity index (χ0v) is 14.7. The number of pyridine rings is 1. The first kappa shape index (κ1) is 17.4. The number of hydrogen-bond donors (Lipinski definition) is 2. The van der Waals surface area contributed by atoms with Gasteiger partial charge in [0.05, 0.1) is 11.7 Å². The van der Waals surface area contributed by atoms with Crippen LogP contribution in [-0.4, -0.2) is 51.3 Å². The minimum Gasteiger partial charge on any atom is -0.389 e. The smallest absolute Gasteiger partial charge is 0.252 e. The summed E-state index contributed by atoms with van der Waals surface area (Å²) in [6, 6.07) is 3.59. The van der Waals surface area contributed by atoms with Crippen molar-refractivity contribution in [2.75, 3.05) is 24.5 Å². The summed E-state index contributed by atoms with van der Waals surface area (Å²) in [5, 5.41) is 12.2. The molecule has 2 aromatic heterocycles. The minimum atomic E-state index is -0.267. The standard InChI is InChI=1S/C18H25N5O2/c1-13(2)17-19-7-9-22(17)8-3-6-20-18(25)14-4-5-16(21-10-14)23-11-15(24)12-23/h4-5,7,9-10,13,15,24H,3,6,8,11-12H2,1-2H3,(H,20,25). The minimum absolute atomic E-state index is 0.114. The zero-order chi connectivity index (χ0) is 17.8. The average molecular weight is 343 g/mol. The van der Waals surface area contributed by atoms with Crippen molar-refractivity contribution in [3.05, 3.63) is 42.1 Å². The van der Waals surface area contributed by atoms with Crippen LogP contribution >= 0.6 is 0 Å². The van der Waals surface area contributed by atoms with Crippen molar-refractivity contribution < 1.29 is 9.90 Å². The molecule has 25 heavy (non-hydrogen) atoms. The fraction of sp³-hybridized carbons (Fsp3) is 0.500. The van der Waals surface area contributed by atoms with Crippen LogP contribution in [0.25, 0.3) is 0 Å². The molecular weight excluding hydrogens is 318 g/mol. The van der Waals surface area contributed by atoms with E-state index in [-0.39, 0.29) is 12.0 Å². The molecule has 0 aliphatic carbocycles. The third-order valence-corrected chi connectivity index (χ3v) is 4.32. The number of carbonyl (C=O) groups is 1. The van der Waals surface area contributed by atoms with E-state index in [0.717, 1.165) is 24.6 Å². The van der Waals surface area contributed by atoms with Crippen molar-refractivity contribution >= 4 is 11.7 Å². The highest BCUT2D eigenvalue weighted by Gasteiger charge is 2.25. The highest BCUT2D eigenvalue weighted by Crippen LogP contribution is 2.18. The van der Waals surface area contributed by atoms with Gasteiger partial charge >= 0.3 is 0 Å². The third-order valence-electron chi connectivity index (χ3n) is 4.32. The highest BCUT2D eigenvalue weighted by molar-refractivity contribution is 5.94. The van der Waals surface area contributed by atoms with E-state index in [0.29, 0.717) is 31.1 Å². The van der Waals surface area contributed by atoms with Gasteiger partial charge < -0.3 is 19.9 Å². The maximum atomic E-state index is 12.2. The van der Waals surface area contributed by atoms with Crippen molar-refractivity contribution in [3.63, 3.8) is 0 Å². The van der Waals surface area contributed by atoms with E-state index < -0.39 is 0 Å². The van der Waals surface area contributed by atoms with Crippen molar-refractivity contribution in [1.29, 1.82) is 0 Å². The van der Waals surface area contributed by atoms with Crippen molar-refractivity contribution in [2.45, 2.75) is 38.8 Å². The van der Waals surface area contributed by atoms with Crippen LogP contribution in [0.4, 0.5) is 5.82 Å². The van der Waals surface area contributed by atoms with Gasteiger partial charge in [0, 0.05) is 50.7 Å². The highest BCUT2D eigenvalue weighted by atomic mass is 16.3. The van der Waals surface area contributed by atoms with Gasteiger partial charge in [0.2, 0.25) is 0 Å². The topological polar surface area (TPSA) is 83.3 Å². The number of nitrogens with one attached hydrogen (secondary N) is 1. The normalized spacial score (nSPS) is 14.6. The third kappa shape index (κ3) is 4.17. The Kier molecular flexibility index (Phi) is 5.33.